The molecule has 1 amide bonds. The average Bonchev–Trinajstić information content (AvgIpc) is 2.39. The molecule has 0 unspecified atom stereocenters. The minimum Gasteiger partial charge on any atom is -0.338 e. The maximum absolute atomic E-state index is 12.2. The van der Waals surface area contributed by atoms with Crippen LogP contribution < -0.4 is 10.9 Å². The molecule has 0 spiro atoms. The maximum atomic E-state index is 12.2. The minimum atomic E-state index is -0.315. The Morgan fingerprint density at radius 2 is 2.11 bits per heavy atom. The van der Waals surface area contributed by atoms with Crippen molar-refractivity contribution < 1.29 is 4.79 Å². The fraction of sp³-hybridized carbons (Fsp3) is 0.538. The summed E-state index contributed by atoms with van der Waals surface area (Å²) in [4.78, 5) is 28.1. The van der Waals surface area contributed by atoms with Crippen molar-refractivity contribution >= 4 is 5.91 Å². The third-order valence-electron chi connectivity index (χ3n) is 3.81. The molecule has 18 heavy (non-hydrogen) atoms. The molecule has 0 aromatic carbocycles. The van der Waals surface area contributed by atoms with Crippen LogP contribution in [0.15, 0.2) is 23.1 Å². The van der Waals surface area contributed by atoms with Crippen LogP contribution in [0.4, 0.5) is 0 Å². The number of hydrogen-bond donors (Lipinski definition) is 2. The average molecular weight is 249 g/mol. The van der Waals surface area contributed by atoms with E-state index in [0.717, 1.165) is 12.8 Å². The Morgan fingerprint density at radius 3 is 2.67 bits per heavy atom. The second-order valence-corrected chi connectivity index (χ2v) is 5.02. The Balaban J connectivity index is 2.09. The number of amides is 1. The van der Waals surface area contributed by atoms with Gasteiger partial charge in [-0.25, -0.2) is 0 Å². The molecule has 98 valence electrons. The van der Waals surface area contributed by atoms with Crippen molar-refractivity contribution in [1.29, 1.82) is 0 Å². The van der Waals surface area contributed by atoms with Gasteiger partial charge in [-0.2, -0.15) is 0 Å². The highest BCUT2D eigenvalue weighted by molar-refractivity contribution is 5.93. The van der Waals surface area contributed by atoms with Crippen LogP contribution in [0.5, 0.6) is 0 Å². The zero-order valence-corrected chi connectivity index (χ0v) is 10.8. The van der Waals surface area contributed by atoms with Crippen molar-refractivity contribution in [2.24, 2.45) is 0 Å². The van der Waals surface area contributed by atoms with E-state index >= 15 is 0 Å². The summed E-state index contributed by atoms with van der Waals surface area (Å²) < 4.78 is 0. The molecule has 1 saturated heterocycles. The molecule has 1 aliphatic heterocycles. The number of carbonyl (C=O) groups excluding carboxylic acids is 1. The Bertz CT molecular complexity index is 487. The van der Waals surface area contributed by atoms with Crippen molar-refractivity contribution in [3.63, 3.8) is 0 Å². The molecule has 1 aliphatic rings. The van der Waals surface area contributed by atoms with Gasteiger partial charge in [0, 0.05) is 24.8 Å². The fourth-order valence-electron chi connectivity index (χ4n) is 2.21. The first-order chi connectivity index (χ1) is 8.56. The van der Waals surface area contributed by atoms with E-state index in [9.17, 15) is 9.59 Å². The number of piperidine rings is 1. The predicted octanol–water partition coefficient (Wildman–Crippen LogP) is 0.589. The van der Waals surface area contributed by atoms with E-state index in [1.807, 2.05) is 7.05 Å². The fourth-order valence-corrected chi connectivity index (χ4v) is 2.21. The first kappa shape index (κ1) is 12.8. The Kier molecular flexibility index (Phi) is 3.52. The standard InChI is InChI=1S/C13H19N3O2/c1-13(14-2)5-8-16(9-6-13)12(18)10-4-3-7-15-11(10)17/h3-4,7,14H,5-6,8-9H2,1-2H3,(H,15,17). The number of hydrogen-bond acceptors (Lipinski definition) is 3. The van der Waals surface area contributed by atoms with Crippen molar-refractivity contribution in [1.82, 2.24) is 15.2 Å². The summed E-state index contributed by atoms with van der Waals surface area (Å²) in [7, 11) is 1.94. The summed E-state index contributed by atoms with van der Waals surface area (Å²) >= 11 is 0. The van der Waals surface area contributed by atoms with Gasteiger partial charge in [0.05, 0.1) is 0 Å². The van der Waals surface area contributed by atoms with Crippen molar-refractivity contribution in [2.75, 3.05) is 20.1 Å². The smallest absolute Gasteiger partial charge is 0.260 e. The molecule has 0 atom stereocenters. The van der Waals surface area contributed by atoms with Crippen LogP contribution in [0.25, 0.3) is 0 Å². The highest BCUT2D eigenvalue weighted by Gasteiger charge is 2.31. The van der Waals surface area contributed by atoms with Gasteiger partial charge in [-0.1, -0.05) is 0 Å². The zero-order chi connectivity index (χ0) is 13.2. The minimum absolute atomic E-state index is 0.0971. The van der Waals surface area contributed by atoms with Crippen LogP contribution in [0, 0.1) is 0 Å². The lowest BCUT2D eigenvalue weighted by Gasteiger charge is -2.39. The van der Waals surface area contributed by atoms with Gasteiger partial charge in [-0.05, 0) is 38.9 Å². The molecule has 0 radical (unpaired) electrons. The van der Waals surface area contributed by atoms with Crippen LogP contribution in [0.2, 0.25) is 0 Å². The first-order valence-electron chi connectivity index (χ1n) is 6.22. The van der Waals surface area contributed by atoms with Crippen molar-refractivity contribution in [3.8, 4) is 0 Å². The topological polar surface area (TPSA) is 65.2 Å². The summed E-state index contributed by atoms with van der Waals surface area (Å²) in [5.74, 6) is -0.171. The third-order valence-corrected chi connectivity index (χ3v) is 3.81. The van der Waals surface area contributed by atoms with E-state index < -0.39 is 0 Å². The van der Waals surface area contributed by atoms with Crippen LogP contribution in [0.1, 0.15) is 30.1 Å². The third kappa shape index (κ3) is 2.46. The highest BCUT2D eigenvalue weighted by Crippen LogP contribution is 2.21. The van der Waals surface area contributed by atoms with Gasteiger partial charge < -0.3 is 15.2 Å². The molecular formula is C13H19N3O2. The number of nitrogens with zero attached hydrogens (tertiary/aromatic N) is 1. The zero-order valence-electron chi connectivity index (χ0n) is 10.8. The Hall–Kier alpha value is -1.62. The molecule has 2 N–H and O–H groups in total. The van der Waals surface area contributed by atoms with Crippen LogP contribution in [0.3, 0.4) is 0 Å². The lowest BCUT2D eigenvalue weighted by molar-refractivity contribution is 0.0660. The molecule has 5 heteroatoms. The van der Waals surface area contributed by atoms with Gasteiger partial charge in [-0.15, -0.1) is 0 Å². The van der Waals surface area contributed by atoms with E-state index in [1.54, 1.807) is 17.0 Å². The lowest BCUT2D eigenvalue weighted by atomic mass is 9.89. The number of aromatic nitrogens is 1. The Morgan fingerprint density at radius 1 is 1.44 bits per heavy atom. The number of carbonyl (C=O) groups is 1. The molecule has 1 aromatic heterocycles. The molecule has 1 aromatic rings. The second-order valence-electron chi connectivity index (χ2n) is 5.02. The van der Waals surface area contributed by atoms with Gasteiger partial charge in [0.15, 0.2) is 0 Å². The summed E-state index contributed by atoms with van der Waals surface area (Å²) in [6.07, 6.45) is 3.34. The predicted molar refractivity (Wildman–Crippen MR) is 69.7 cm³/mol. The summed E-state index contributed by atoms with van der Waals surface area (Å²) in [5.41, 5.74) is 0.00916. The van der Waals surface area contributed by atoms with Crippen molar-refractivity contribution in [3.05, 3.63) is 34.2 Å². The van der Waals surface area contributed by atoms with Crippen LogP contribution >= 0.6 is 0 Å². The van der Waals surface area contributed by atoms with Gasteiger partial charge in [-0.3, -0.25) is 9.59 Å². The van der Waals surface area contributed by atoms with Gasteiger partial charge in [0.1, 0.15) is 5.56 Å². The molecule has 1 fully saturated rings. The molecule has 2 rings (SSSR count). The van der Waals surface area contributed by atoms with Crippen LogP contribution in [-0.2, 0) is 0 Å². The monoisotopic (exact) mass is 249 g/mol. The quantitative estimate of drug-likeness (QED) is 0.806. The summed E-state index contributed by atoms with van der Waals surface area (Å²) in [5, 5.41) is 3.29. The van der Waals surface area contributed by atoms with Crippen molar-refractivity contribution in [2.45, 2.75) is 25.3 Å². The molecule has 5 nitrogen and oxygen atoms in total. The SMILES string of the molecule is CNC1(C)CCN(C(=O)c2ccc[nH]c2=O)CC1. The Labute approximate surface area is 106 Å². The van der Waals surface area contributed by atoms with E-state index in [-0.39, 0.29) is 22.6 Å². The van der Waals surface area contributed by atoms with Gasteiger partial charge >= 0.3 is 0 Å². The number of nitrogens with one attached hydrogen (secondary N) is 2. The van der Waals surface area contributed by atoms with E-state index in [1.165, 1.54) is 6.20 Å². The summed E-state index contributed by atoms with van der Waals surface area (Å²) in [6.45, 7) is 3.53. The molecule has 0 aliphatic carbocycles. The number of aromatic amines is 1. The first-order valence-corrected chi connectivity index (χ1v) is 6.22. The molecule has 0 saturated carbocycles. The largest absolute Gasteiger partial charge is 0.338 e. The molecule has 2 heterocycles. The normalized spacial score (nSPS) is 18.7. The maximum Gasteiger partial charge on any atom is 0.260 e. The number of H-pyrrole nitrogens is 1. The second kappa shape index (κ2) is 4.94. The lowest BCUT2D eigenvalue weighted by Crippen LogP contribution is -2.51. The number of rotatable bonds is 2. The number of pyridine rings is 1. The van der Waals surface area contributed by atoms with E-state index in [2.05, 4.69) is 17.2 Å². The van der Waals surface area contributed by atoms with Crippen LogP contribution in [-0.4, -0.2) is 41.5 Å². The van der Waals surface area contributed by atoms with Gasteiger partial charge in [0.2, 0.25) is 0 Å². The summed E-state index contributed by atoms with van der Waals surface area (Å²) in [6, 6.07) is 3.25. The highest BCUT2D eigenvalue weighted by atomic mass is 16.2. The molecule has 0 bridgehead atoms. The molecular weight excluding hydrogens is 230 g/mol. The van der Waals surface area contributed by atoms with Gasteiger partial charge in [0.25, 0.3) is 11.5 Å². The number of likely N-dealkylation sites (tertiary alicyclic amines) is 1. The van der Waals surface area contributed by atoms with E-state index in [0.29, 0.717) is 13.1 Å². The van der Waals surface area contributed by atoms with E-state index in [4.69, 9.17) is 0 Å².